The number of ether oxygens (including phenoxy) is 1. The van der Waals surface area contributed by atoms with Crippen molar-refractivity contribution in [3.63, 3.8) is 0 Å². The highest BCUT2D eigenvalue weighted by Gasteiger charge is 2.16. The molecule has 23 heavy (non-hydrogen) atoms. The van der Waals surface area contributed by atoms with Gasteiger partial charge in [0, 0.05) is 11.8 Å². The van der Waals surface area contributed by atoms with E-state index in [1.165, 1.54) is 0 Å². The normalized spacial score (nSPS) is 10.3. The lowest BCUT2D eigenvalue weighted by Gasteiger charge is -2.11. The largest absolute Gasteiger partial charge is 0.452 e. The van der Waals surface area contributed by atoms with Gasteiger partial charge in [0.15, 0.2) is 6.61 Å². The van der Waals surface area contributed by atoms with Gasteiger partial charge in [0.05, 0.1) is 5.56 Å². The minimum absolute atomic E-state index is 0.425. The van der Waals surface area contributed by atoms with Gasteiger partial charge in [-0.15, -0.1) is 0 Å². The van der Waals surface area contributed by atoms with Crippen molar-refractivity contribution >= 4 is 17.6 Å². The SMILES string of the molecule is Cc1cccc(C)c1NC(=O)COC(=O)c1ccc(F)cc1F. The molecule has 0 atom stereocenters. The van der Waals surface area contributed by atoms with E-state index in [0.29, 0.717) is 11.8 Å². The molecule has 2 rings (SSSR count). The van der Waals surface area contributed by atoms with Gasteiger partial charge in [0.2, 0.25) is 0 Å². The molecule has 0 fully saturated rings. The predicted molar refractivity (Wildman–Crippen MR) is 81.2 cm³/mol. The topological polar surface area (TPSA) is 55.4 Å². The van der Waals surface area contributed by atoms with Crippen LogP contribution in [0.2, 0.25) is 0 Å². The summed E-state index contributed by atoms with van der Waals surface area (Å²) in [5, 5.41) is 2.64. The average Bonchev–Trinajstić information content (AvgIpc) is 2.49. The Morgan fingerprint density at radius 2 is 1.74 bits per heavy atom. The first-order valence-electron chi connectivity index (χ1n) is 6.86. The number of benzene rings is 2. The number of amides is 1. The van der Waals surface area contributed by atoms with Crippen LogP contribution in [0.3, 0.4) is 0 Å². The van der Waals surface area contributed by atoms with Crippen LogP contribution >= 0.6 is 0 Å². The van der Waals surface area contributed by atoms with Crippen molar-refractivity contribution < 1.29 is 23.1 Å². The summed E-state index contributed by atoms with van der Waals surface area (Å²) in [5.74, 6) is -3.41. The second-order valence-electron chi connectivity index (χ2n) is 5.02. The number of nitrogens with one attached hydrogen (secondary N) is 1. The molecule has 2 aromatic rings. The van der Waals surface area contributed by atoms with E-state index in [1.54, 1.807) is 0 Å². The van der Waals surface area contributed by atoms with E-state index in [4.69, 9.17) is 4.74 Å². The highest BCUT2D eigenvalue weighted by Crippen LogP contribution is 2.19. The molecule has 0 saturated carbocycles. The van der Waals surface area contributed by atoms with Gasteiger partial charge < -0.3 is 10.1 Å². The molecule has 1 amide bonds. The number of hydrogen-bond donors (Lipinski definition) is 1. The molecule has 0 aliphatic rings. The lowest BCUT2D eigenvalue weighted by atomic mass is 10.1. The number of anilines is 1. The van der Waals surface area contributed by atoms with Crippen molar-refractivity contribution in [2.45, 2.75) is 13.8 Å². The van der Waals surface area contributed by atoms with Gasteiger partial charge in [-0.1, -0.05) is 18.2 Å². The Bertz CT molecular complexity index is 739. The fourth-order valence-corrected chi connectivity index (χ4v) is 2.05. The van der Waals surface area contributed by atoms with Crippen LogP contribution in [-0.2, 0) is 9.53 Å². The Kier molecular flexibility index (Phi) is 5.05. The van der Waals surface area contributed by atoms with E-state index < -0.39 is 35.7 Å². The zero-order valence-electron chi connectivity index (χ0n) is 12.7. The Labute approximate surface area is 132 Å². The molecule has 0 aliphatic heterocycles. The lowest BCUT2D eigenvalue weighted by molar-refractivity contribution is -0.119. The molecule has 0 saturated heterocycles. The number of esters is 1. The first-order chi connectivity index (χ1) is 10.9. The predicted octanol–water partition coefficient (Wildman–Crippen LogP) is 3.38. The molecule has 1 N–H and O–H groups in total. The number of rotatable bonds is 4. The molecular weight excluding hydrogens is 304 g/mol. The number of halogens is 2. The van der Waals surface area contributed by atoms with Crippen molar-refractivity contribution in [3.8, 4) is 0 Å². The number of hydrogen-bond acceptors (Lipinski definition) is 3. The first-order valence-corrected chi connectivity index (χ1v) is 6.86. The van der Waals surface area contributed by atoms with Crippen molar-refractivity contribution in [2.75, 3.05) is 11.9 Å². The molecule has 4 nitrogen and oxygen atoms in total. The Morgan fingerprint density at radius 1 is 1.09 bits per heavy atom. The second-order valence-corrected chi connectivity index (χ2v) is 5.02. The van der Waals surface area contributed by atoms with E-state index in [9.17, 15) is 18.4 Å². The van der Waals surface area contributed by atoms with E-state index >= 15 is 0 Å². The van der Waals surface area contributed by atoms with Crippen molar-refractivity contribution in [1.29, 1.82) is 0 Å². The molecule has 0 spiro atoms. The summed E-state index contributed by atoms with van der Waals surface area (Å²) in [6, 6.07) is 8.02. The van der Waals surface area contributed by atoms with Gasteiger partial charge in [-0.3, -0.25) is 4.79 Å². The third-order valence-corrected chi connectivity index (χ3v) is 3.23. The molecule has 0 unspecified atom stereocenters. The van der Waals surface area contributed by atoms with Crippen LogP contribution in [0.4, 0.5) is 14.5 Å². The molecule has 0 aromatic heterocycles. The molecule has 120 valence electrons. The maximum Gasteiger partial charge on any atom is 0.341 e. The Morgan fingerprint density at radius 3 is 2.35 bits per heavy atom. The highest BCUT2D eigenvalue weighted by molar-refractivity contribution is 5.96. The first kappa shape index (κ1) is 16.6. The Hall–Kier alpha value is -2.76. The summed E-state index contributed by atoms with van der Waals surface area (Å²) in [5.41, 5.74) is 1.95. The summed E-state index contributed by atoms with van der Waals surface area (Å²) < 4.78 is 31.0. The standard InChI is InChI=1S/C17H15F2NO3/c1-10-4-3-5-11(2)16(10)20-15(21)9-23-17(22)13-7-6-12(18)8-14(13)19/h3-8H,9H2,1-2H3,(H,20,21). The van der Waals surface area contributed by atoms with Gasteiger partial charge >= 0.3 is 5.97 Å². The summed E-state index contributed by atoms with van der Waals surface area (Å²) in [6.07, 6.45) is 0. The number of carbonyl (C=O) groups is 2. The third kappa shape index (κ3) is 4.12. The van der Waals surface area contributed by atoms with Crippen molar-refractivity contribution in [3.05, 3.63) is 64.7 Å². The van der Waals surface area contributed by atoms with Gasteiger partial charge in [-0.25, -0.2) is 13.6 Å². The van der Waals surface area contributed by atoms with Crippen LogP contribution in [0.25, 0.3) is 0 Å². The maximum absolute atomic E-state index is 13.4. The zero-order chi connectivity index (χ0) is 17.0. The van der Waals surface area contributed by atoms with Crippen LogP contribution in [0.5, 0.6) is 0 Å². The molecule has 0 heterocycles. The molecule has 0 radical (unpaired) electrons. The molecule has 2 aromatic carbocycles. The zero-order valence-corrected chi connectivity index (χ0v) is 12.7. The lowest BCUT2D eigenvalue weighted by Crippen LogP contribution is -2.22. The monoisotopic (exact) mass is 319 g/mol. The van der Waals surface area contributed by atoms with Gasteiger partial charge in [0.1, 0.15) is 11.6 Å². The quantitative estimate of drug-likeness (QED) is 0.879. The van der Waals surface area contributed by atoms with Crippen LogP contribution in [0.15, 0.2) is 36.4 Å². The summed E-state index contributed by atoms with van der Waals surface area (Å²) in [7, 11) is 0. The molecular formula is C17H15F2NO3. The van der Waals surface area contributed by atoms with Gasteiger partial charge in [0.25, 0.3) is 5.91 Å². The fourth-order valence-electron chi connectivity index (χ4n) is 2.05. The van der Waals surface area contributed by atoms with Gasteiger partial charge in [-0.05, 0) is 37.1 Å². The van der Waals surface area contributed by atoms with Crippen LogP contribution < -0.4 is 5.32 Å². The van der Waals surface area contributed by atoms with E-state index in [-0.39, 0.29) is 0 Å². The van der Waals surface area contributed by atoms with E-state index in [0.717, 1.165) is 23.3 Å². The fraction of sp³-hybridized carbons (Fsp3) is 0.176. The summed E-state index contributed by atoms with van der Waals surface area (Å²) in [6.45, 7) is 3.11. The number of aryl methyl sites for hydroxylation is 2. The average molecular weight is 319 g/mol. The maximum atomic E-state index is 13.4. The van der Waals surface area contributed by atoms with Crippen molar-refractivity contribution in [1.82, 2.24) is 0 Å². The van der Waals surface area contributed by atoms with E-state index in [2.05, 4.69) is 5.32 Å². The summed E-state index contributed by atoms with van der Waals surface area (Å²) >= 11 is 0. The molecule has 0 bridgehead atoms. The minimum Gasteiger partial charge on any atom is -0.452 e. The van der Waals surface area contributed by atoms with Gasteiger partial charge in [-0.2, -0.15) is 0 Å². The Balaban J connectivity index is 1.98. The van der Waals surface area contributed by atoms with E-state index in [1.807, 2.05) is 32.0 Å². The number of para-hydroxylation sites is 1. The smallest absolute Gasteiger partial charge is 0.341 e. The molecule has 6 heteroatoms. The van der Waals surface area contributed by atoms with Crippen LogP contribution in [0, 0.1) is 25.5 Å². The van der Waals surface area contributed by atoms with Crippen LogP contribution in [0.1, 0.15) is 21.5 Å². The number of carbonyl (C=O) groups excluding carboxylic acids is 2. The second kappa shape index (κ2) is 7.00. The van der Waals surface area contributed by atoms with Crippen molar-refractivity contribution in [2.24, 2.45) is 0 Å². The van der Waals surface area contributed by atoms with Crippen LogP contribution in [-0.4, -0.2) is 18.5 Å². The summed E-state index contributed by atoms with van der Waals surface area (Å²) in [4.78, 5) is 23.6. The molecule has 0 aliphatic carbocycles. The minimum atomic E-state index is -1.04. The third-order valence-electron chi connectivity index (χ3n) is 3.23. The highest BCUT2D eigenvalue weighted by atomic mass is 19.1.